The Labute approximate surface area is 217 Å². The summed E-state index contributed by atoms with van der Waals surface area (Å²) >= 11 is 0. The lowest BCUT2D eigenvalue weighted by molar-refractivity contribution is -0.158. The van der Waals surface area contributed by atoms with Gasteiger partial charge in [-0.3, -0.25) is 9.59 Å². The van der Waals surface area contributed by atoms with Crippen LogP contribution in [-0.4, -0.2) is 86.8 Å². The monoisotopic (exact) mass is 536 g/mol. The second kappa shape index (κ2) is 11.4. The molecule has 0 saturated heterocycles. The van der Waals surface area contributed by atoms with Gasteiger partial charge in [0.1, 0.15) is 6.04 Å². The second-order valence-corrected chi connectivity index (χ2v) is 7.75. The van der Waals surface area contributed by atoms with E-state index in [4.69, 9.17) is 33.2 Å². The third-order valence-corrected chi connectivity index (χ3v) is 5.64. The molecule has 0 saturated carbocycles. The second-order valence-electron chi connectivity index (χ2n) is 7.75. The summed E-state index contributed by atoms with van der Waals surface area (Å²) in [6.45, 7) is 3.33. The van der Waals surface area contributed by atoms with E-state index in [-0.39, 0.29) is 35.8 Å². The molecule has 2 bridgehead atoms. The van der Waals surface area contributed by atoms with Crippen LogP contribution in [0.2, 0.25) is 0 Å². The quantitative estimate of drug-likeness (QED) is 0.207. The van der Waals surface area contributed by atoms with Gasteiger partial charge in [-0.05, 0) is 31.6 Å². The van der Waals surface area contributed by atoms with E-state index in [1.807, 2.05) is 0 Å². The highest BCUT2D eigenvalue weighted by Gasteiger charge is 2.60. The first-order valence-corrected chi connectivity index (χ1v) is 11.5. The number of nitrogens with zero attached hydrogens (tertiary/aromatic N) is 2. The fourth-order valence-corrected chi connectivity index (χ4v) is 4.13. The molecule has 3 aliphatic rings. The van der Waals surface area contributed by atoms with Crippen LogP contribution in [0.5, 0.6) is 17.2 Å². The fraction of sp³-hybridized carbons (Fsp3) is 0.458. The lowest BCUT2D eigenvalue weighted by Gasteiger charge is -2.46. The van der Waals surface area contributed by atoms with E-state index in [1.54, 1.807) is 13.8 Å². The molecule has 0 N–H and O–H groups in total. The van der Waals surface area contributed by atoms with Gasteiger partial charge in [0.15, 0.2) is 18.1 Å². The number of hydrogen-bond acceptors (Lipinski definition) is 12. The number of esters is 2. The van der Waals surface area contributed by atoms with Gasteiger partial charge >= 0.3 is 24.1 Å². The number of carbonyl (C=O) groups excluding carboxylic acids is 5. The smallest absolute Gasteiger partial charge is 0.432 e. The van der Waals surface area contributed by atoms with Crippen LogP contribution in [0.3, 0.4) is 0 Å². The average Bonchev–Trinajstić information content (AvgIpc) is 3.06. The highest BCUT2D eigenvalue weighted by molar-refractivity contribution is 6.11. The van der Waals surface area contributed by atoms with Crippen LogP contribution in [-0.2, 0) is 28.5 Å². The summed E-state index contributed by atoms with van der Waals surface area (Å²) < 4.78 is 36.9. The lowest BCUT2D eigenvalue weighted by Crippen LogP contribution is -2.66. The van der Waals surface area contributed by atoms with Gasteiger partial charge in [-0.2, -0.15) is 10.0 Å². The summed E-state index contributed by atoms with van der Waals surface area (Å²) in [5.41, 5.74) is -2.41. The molecule has 1 aromatic carbocycles. The number of carbonyl (C=O) groups is 5. The summed E-state index contributed by atoms with van der Waals surface area (Å²) in [6.07, 6.45) is 0.678. The van der Waals surface area contributed by atoms with Crippen molar-refractivity contribution in [3.8, 4) is 17.2 Å². The van der Waals surface area contributed by atoms with Crippen molar-refractivity contribution < 1.29 is 57.1 Å². The van der Waals surface area contributed by atoms with Crippen molar-refractivity contribution >= 4 is 29.9 Å². The predicted molar refractivity (Wildman–Crippen MR) is 125 cm³/mol. The Morgan fingerprint density at radius 1 is 0.947 bits per heavy atom. The van der Waals surface area contributed by atoms with Crippen molar-refractivity contribution in [1.29, 1.82) is 0 Å². The molecule has 14 nitrogen and oxygen atoms in total. The Balaban J connectivity index is 2.35. The fourth-order valence-electron chi connectivity index (χ4n) is 4.13. The minimum Gasteiger partial charge on any atom is -0.493 e. The number of ketones is 1. The molecule has 14 heteroatoms. The summed E-state index contributed by atoms with van der Waals surface area (Å²) in [5.74, 6) is -3.18. The Hall–Kier alpha value is -4.33. The number of benzene rings is 1. The topological polar surface area (TPSA) is 156 Å². The first-order valence-electron chi connectivity index (χ1n) is 11.5. The van der Waals surface area contributed by atoms with Crippen LogP contribution >= 0.6 is 0 Å². The normalized spacial score (nSPS) is 19.3. The third kappa shape index (κ3) is 4.69. The molecule has 2 atom stereocenters. The maximum atomic E-state index is 14.3. The van der Waals surface area contributed by atoms with Crippen LogP contribution < -0.4 is 14.2 Å². The Morgan fingerprint density at radius 3 is 2.16 bits per heavy atom. The van der Waals surface area contributed by atoms with Gasteiger partial charge in [-0.25, -0.2) is 14.4 Å². The molecule has 2 aliphatic heterocycles. The number of hydrogen-bond donors (Lipinski definition) is 0. The number of fused-ring (bicyclic) bond motifs is 1. The molecule has 2 heterocycles. The number of amides is 2. The molecule has 2 amide bonds. The van der Waals surface area contributed by atoms with E-state index >= 15 is 0 Å². The average molecular weight is 536 g/mol. The highest BCUT2D eigenvalue weighted by atomic mass is 16.6. The summed E-state index contributed by atoms with van der Waals surface area (Å²) in [6, 6.07) is 0.255. The highest BCUT2D eigenvalue weighted by Crippen LogP contribution is 2.51. The van der Waals surface area contributed by atoms with Crippen LogP contribution in [0.4, 0.5) is 9.59 Å². The molecule has 0 radical (unpaired) electrons. The molecular weight excluding hydrogens is 508 g/mol. The van der Waals surface area contributed by atoms with Crippen LogP contribution in [0, 0.1) is 0 Å². The zero-order chi connectivity index (χ0) is 28.2. The van der Waals surface area contributed by atoms with Crippen molar-refractivity contribution in [1.82, 2.24) is 10.0 Å². The van der Waals surface area contributed by atoms with Gasteiger partial charge in [0.25, 0.3) is 0 Å². The number of rotatable bonds is 8. The van der Waals surface area contributed by atoms with E-state index in [9.17, 15) is 24.0 Å². The van der Waals surface area contributed by atoms with Gasteiger partial charge in [-0.1, -0.05) is 6.08 Å². The molecule has 0 aromatic heterocycles. The van der Waals surface area contributed by atoms with Crippen molar-refractivity contribution in [2.75, 3.05) is 41.2 Å². The molecule has 0 spiro atoms. The summed E-state index contributed by atoms with van der Waals surface area (Å²) in [5, 5.41) is 1.59. The molecule has 206 valence electrons. The van der Waals surface area contributed by atoms with E-state index in [2.05, 4.69) is 0 Å². The maximum absolute atomic E-state index is 14.3. The Bertz CT molecular complexity index is 1180. The third-order valence-electron chi connectivity index (χ3n) is 5.64. The van der Waals surface area contributed by atoms with Gasteiger partial charge in [0.05, 0.1) is 33.0 Å². The van der Waals surface area contributed by atoms with Gasteiger partial charge in [0.2, 0.25) is 17.3 Å². The van der Waals surface area contributed by atoms with Crippen molar-refractivity contribution in [3.05, 3.63) is 29.3 Å². The van der Waals surface area contributed by atoms with Gasteiger partial charge in [0, 0.05) is 14.0 Å². The number of Topliss-reactive ketones (excluding diaryl/α,β-unsaturated/α-hetero) is 1. The van der Waals surface area contributed by atoms with Gasteiger partial charge in [-0.15, -0.1) is 0 Å². The Kier molecular flexibility index (Phi) is 8.46. The molecule has 0 unspecified atom stereocenters. The molecule has 4 rings (SSSR count). The van der Waals surface area contributed by atoms with Crippen LogP contribution in [0.1, 0.15) is 42.7 Å². The Morgan fingerprint density at radius 2 is 1.61 bits per heavy atom. The minimum absolute atomic E-state index is 0.0334. The maximum Gasteiger partial charge on any atom is 0.432 e. The van der Waals surface area contributed by atoms with Gasteiger partial charge < -0.3 is 33.2 Å². The zero-order valence-corrected chi connectivity index (χ0v) is 21.7. The van der Waals surface area contributed by atoms with E-state index in [0.717, 1.165) is 19.0 Å². The van der Waals surface area contributed by atoms with Crippen molar-refractivity contribution in [3.63, 3.8) is 0 Å². The van der Waals surface area contributed by atoms with E-state index < -0.39 is 54.0 Å². The zero-order valence-electron chi connectivity index (χ0n) is 21.7. The molecular formula is C24H28N2O12. The van der Waals surface area contributed by atoms with E-state index in [0.29, 0.717) is 5.01 Å². The SMILES string of the molecule is CCOC(=O)N1[C@@H]2C=C[C@@](OC)(C(=O)c3c2cc(OC)c(OC)c3OC(=O)COC(C)=O)N1C(=O)OCC. The van der Waals surface area contributed by atoms with Crippen molar-refractivity contribution in [2.24, 2.45) is 0 Å². The minimum atomic E-state index is -2.25. The molecule has 38 heavy (non-hydrogen) atoms. The largest absolute Gasteiger partial charge is 0.493 e. The standard InChI is InChI=1S/C24H28N2O12/c1-7-35-22(30)25-15-9-10-24(34-6,26(25)23(31)36-8-2)21(29)18-14(15)11-16(32-4)19(33-5)20(18)38-17(28)12-37-13(3)27/h9-11,15H,7-8,12H2,1-6H3/t15-,24-/m1/s1. The molecule has 1 aromatic rings. The number of methoxy groups -OCH3 is 3. The van der Waals surface area contributed by atoms with E-state index in [1.165, 1.54) is 32.4 Å². The molecule has 0 fully saturated rings. The first-order chi connectivity index (χ1) is 18.1. The van der Waals surface area contributed by atoms with Crippen LogP contribution in [0.15, 0.2) is 18.2 Å². The predicted octanol–water partition coefficient (Wildman–Crippen LogP) is 2.15. The summed E-state index contributed by atoms with van der Waals surface area (Å²) in [7, 11) is 3.71. The number of hydrazine groups is 1. The van der Waals surface area contributed by atoms with Crippen LogP contribution in [0.25, 0.3) is 0 Å². The van der Waals surface area contributed by atoms with Crippen molar-refractivity contribution in [2.45, 2.75) is 32.5 Å². The summed E-state index contributed by atoms with van der Waals surface area (Å²) in [4.78, 5) is 64.4. The number of ether oxygens (including phenoxy) is 7. The lowest BCUT2D eigenvalue weighted by atomic mass is 9.95. The molecule has 1 aliphatic carbocycles. The first kappa shape index (κ1) is 28.2.